The molecule has 1 heterocycles. The van der Waals surface area contributed by atoms with Crippen molar-refractivity contribution in [1.82, 2.24) is 5.32 Å². The number of ether oxygens (including phenoxy) is 3. The lowest BCUT2D eigenvalue weighted by Gasteiger charge is -2.26. The van der Waals surface area contributed by atoms with Crippen LogP contribution in [0.2, 0.25) is 0 Å². The number of hydrogen-bond donors (Lipinski definition) is 1. The van der Waals surface area contributed by atoms with E-state index in [9.17, 15) is 19.2 Å². The third-order valence-corrected chi connectivity index (χ3v) is 5.90. The predicted octanol–water partition coefficient (Wildman–Crippen LogP) is 4.89. The number of unbranched alkanes of at least 4 members (excludes halogenated alkanes) is 5. The van der Waals surface area contributed by atoms with Gasteiger partial charge < -0.3 is 14.2 Å². The lowest BCUT2D eigenvalue weighted by atomic mass is 10.1. The number of methoxy groups -OCH3 is 2. The monoisotopic (exact) mass is 508 g/mol. The second-order valence-corrected chi connectivity index (χ2v) is 8.52. The molecule has 196 valence electrons. The molecule has 1 aliphatic rings. The Morgan fingerprint density at radius 1 is 0.919 bits per heavy atom. The van der Waals surface area contributed by atoms with E-state index in [0.29, 0.717) is 23.7 Å². The van der Waals surface area contributed by atoms with E-state index >= 15 is 0 Å². The van der Waals surface area contributed by atoms with Crippen LogP contribution in [0.5, 0.6) is 11.5 Å². The number of benzene rings is 2. The average molecular weight is 509 g/mol. The van der Waals surface area contributed by atoms with Crippen LogP contribution >= 0.6 is 0 Å². The number of nitrogens with one attached hydrogen (secondary N) is 1. The van der Waals surface area contributed by atoms with E-state index in [1.54, 1.807) is 18.2 Å². The molecule has 9 heteroatoms. The molecule has 0 bridgehead atoms. The highest BCUT2D eigenvalue weighted by Crippen LogP contribution is 2.30. The predicted molar refractivity (Wildman–Crippen MR) is 139 cm³/mol. The van der Waals surface area contributed by atoms with Gasteiger partial charge in [0, 0.05) is 0 Å². The van der Waals surface area contributed by atoms with E-state index in [2.05, 4.69) is 17.0 Å². The number of urea groups is 1. The van der Waals surface area contributed by atoms with Crippen LogP contribution in [0.3, 0.4) is 0 Å². The quantitative estimate of drug-likeness (QED) is 0.188. The van der Waals surface area contributed by atoms with Crippen molar-refractivity contribution >= 4 is 35.6 Å². The van der Waals surface area contributed by atoms with Crippen LogP contribution < -0.4 is 19.7 Å². The minimum absolute atomic E-state index is 0.199. The van der Waals surface area contributed by atoms with Gasteiger partial charge in [-0.05, 0) is 54.5 Å². The van der Waals surface area contributed by atoms with Crippen molar-refractivity contribution in [3.05, 3.63) is 59.2 Å². The molecule has 0 spiro atoms. The van der Waals surface area contributed by atoms with E-state index in [0.717, 1.165) is 17.7 Å². The number of nitrogens with zero attached hydrogens (tertiary/aromatic N) is 1. The molecule has 1 aliphatic heterocycles. The molecule has 37 heavy (non-hydrogen) atoms. The summed E-state index contributed by atoms with van der Waals surface area (Å²) >= 11 is 0. The van der Waals surface area contributed by atoms with Crippen LogP contribution in [0.15, 0.2) is 48.0 Å². The van der Waals surface area contributed by atoms with Crippen LogP contribution in [0, 0.1) is 0 Å². The number of imide groups is 2. The fraction of sp³-hybridized carbons (Fsp3) is 0.357. The topological polar surface area (TPSA) is 111 Å². The van der Waals surface area contributed by atoms with Crippen molar-refractivity contribution in [3.63, 3.8) is 0 Å². The van der Waals surface area contributed by atoms with Crippen molar-refractivity contribution in [2.75, 3.05) is 25.7 Å². The highest BCUT2D eigenvalue weighted by molar-refractivity contribution is 6.39. The summed E-state index contributed by atoms with van der Waals surface area (Å²) in [5.41, 5.74) is 0.760. The van der Waals surface area contributed by atoms with Crippen molar-refractivity contribution in [1.29, 1.82) is 0 Å². The molecule has 0 saturated carbocycles. The van der Waals surface area contributed by atoms with Gasteiger partial charge in [0.15, 0.2) is 11.5 Å². The molecule has 0 aliphatic carbocycles. The summed E-state index contributed by atoms with van der Waals surface area (Å²) in [4.78, 5) is 50.6. The van der Waals surface area contributed by atoms with Gasteiger partial charge in [-0.15, -0.1) is 0 Å². The van der Waals surface area contributed by atoms with Crippen molar-refractivity contribution < 1.29 is 33.4 Å². The Morgan fingerprint density at radius 3 is 2.30 bits per heavy atom. The van der Waals surface area contributed by atoms with E-state index in [4.69, 9.17) is 9.47 Å². The van der Waals surface area contributed by atoms with Gasteiger partial charge in [-0.3, -0.25) is 14.9 Å². The fourth-order valence-electron chi connectivity index (χ4n) is 3.88. The molecule has 1 fully saturated rings. The van der Waals surface area contributed by atoms with Gasteiger partial charge in [0.2, 0.25) is 0 Å². The first kappa shape index (κ1) is 27.4. The average Bonchev–Trinajstić information content (AvgIpc) is 2.90. The fourth-order valence-corrected chi connectivity index (χ4v) is 3.88. The zero-order valence-electron chi connectivity index (χ0n) is 21.4. The third kappa shape index (κ3) is 6.97. The summed E-state index contributed by atoms with van der Waals surface area (Å²) in [6, 6.07) is 9.92. The number of esters is 1. The van der Waals surface area contributed by atoms with Crippen LogP contribution in [-0.2, 0) is 14.3 Å². The SMILES string of the molecule is CCCCCCCCOc1ccc(/C=C2/C(=O)NC(=O)N(c3ccc(C(=O)OC)cc3)C2=O)cc1OC. The molecule has 2 aromatic carbocycles. The van der Waals surface area contributed by atoms with Gasteiger partial charge in [0.1, 0.15) is 5.57 Å². The number of barbiturate groups is 1. The normalized spacial score (nSPS) is 14.5. The van der Waals surface area contributed by atoms with E-state index in [1.807, 2.05) is 0 Å². The number of anilines is 1. The number of carbonyl (C=O) groups is 4. The van der Waals surface area contributed by atoms with Gasteiger partial charge in [-0.25, -0.2) is 14.5 Å². The zero-order chi connectivity index (χ0) is 26.8. The molecule has 2 aromatic rings. The molecular weight excluding hydrogens is 476 g/mol. The van der Waals surface area contributed by atoms with Gasteiger partial charge in [-0.1, -0.05) is 45.1 Å². The lowest BCUT2D eigenvalue weighted by Crippen LogP contribution is -2.54. The largest absolute Gasteiger partial charge is 0.493 e. The Balaban J connectivity index is 1.74. The Labute approximate surface area is 216 Å². The van der Waals surface area contributed by atoms with E-state index < -0.39 is 23.8 Å². The van der Waals surface area contributed by atoms with Gasteiger partial charge >= 0.3 is 12.0 Å². The minimum atomic E-state index is -0.881. The second kappa shape index (κ2) is 13.2. The Hall–Kier alpha value is -4.14. The molecule has 3 rings (SSSR count). The molecule has 1 saturated heterocycles. The molecule has 4 amide bonds. The smallest absolute Gasteiger partial charge is 0.337 e. The van der Waals surface area contributed by atoms with E-state index in [-0.39, 0.29) is 16.8 Å². The lowest BCUT2D eigenvalue weighted by molar-refractivity contribution is -0.122. The van der Waals surface area contributed by atoms with Crippen molar-refractivity contribution in [2.45, 2.75) is 45.4 Å². The third-order valence-electron chi connectivity index (χ3n) is 5.90. The van der Waals surface area contributed by atoms with Crippen LogP contribution in [0.25, 0.3) is 6.08 Å². The maximum atomic E-state index is 13.1. The first-order valence-electron chi connectivity index (χ1n) is 12.3. The molecule has 0 unspecified atom stereocenters. The summed E-state index contributed by atoms with van der Waals surface area (Å²) in [6.45, 7) is 2.75. The summed E-state index contributed by atoms with van der Waals surface area (Å²) in [6.07, 6.45) is 8.31. The van der Waals surface area contributed by atoms with E-state index in [1.165, 1.54) is 70.2 Å². The summed E-state index contributed by atoms with van der Waals surface area (Å²) < 4.78 is 16.0. The van der Waals surface area contributed by atoms with Gasteiger partial charge in [-0.2, -0.15) is 0 Å². The van der Waals surface area contributed by atoms with Crippen molar-refractivity contribution in [3.8, 4) is 11.5 Å². The van der Waals surface area contributed by atoms with Crippen molar-refractivity contribution in [2.24, 2.45) is 0 Å². The second-order valence-electron chi connectivity index (χ2n) is 8.52. The number of amides is 4. The molecule has 0 radical (unpaired) electrons. The Morgan fingerprint density at radius 2 is 1.62 bits per heavy atom. The maximum absolute atomic E-state index is 13.1. The maximum Gasteiger partial charge on any atom is 0.337 e. The molecule has 0 atom stereocenters. The summed E-state index contributed by atoms with van der Waals surface area (Å²) in [7, 11) is 2.77. The minimum Gasteiger partial charge on any atom is -0.493 e. The first-order chi connectivity index (χ1) is 17.9. The first-order valence-corrected chi connectivity index (χ1v) is 12.3. The number of hydrogen-bond acceptors (Lipinski definition) is 7. The summed E-state index contributed by atoms with van der Waals surface area (Å²) in [5, 5.41) is 2.18. The Kier molecular flexibility index (Phi) is 9.83. The highest BCUT2D eigenvalue weighted by atomic mass is 16.5. The zero-order valence-corrected chi connectivity index (χ0v) is 21.4. The molecule has 1 N–H and O–H groups in total. The van der Waals surface area contributed by atoms with Crippen LogP contribution in [0.4, 0.5) is 10.5 Å². The van der Waals surface area contributed by atoms with Gasteiger partial charge in [0.25, 0.3) is 11.8 Å². The Bertz CT molecular complexity index is 1170. The standard InChI is InChI=1S/C28H32N2O7/c1-4-5-6-7-8-9-16-37-23-15-10-19(18-24(23)35-2)17-22-25(31)29-28(34)30(26(22)32)21-13-11-20(12-14-21)27(33)36-3/h10-15,17-18H,4-9,16H2,1-3H3,(H,29,31,34)/b22-17-. The number of rotatable bonds is 12. The molecule has 9 nitrogen and oxygen atoms in total. The highest BCUT2D eigenvalue weighted by Gasteiger charge is 2.36. The number of carbonyl (C=O) groups excluding carboxylic acids is 4. The van der Waals surface area contributed by atoms with Crippen LogP contribution in [0.1, 0.15) is 61.4 Å². The van der Waals surface area contributed by atoms with Crippen LogP contribution in [-0.4, -0.2) is 44.6 Å². The molecule has 0 aromatic heterocycles. The molecular formula is C28H32N2O7. The summed E-state index contributed by atoms with van der Waals surface area (Å²) in [5.74, 6) is -1.11. The van der Waals surface area contributed by atoms with Gasteiger partial charge in [0.05, 0.1) is 32.1 Å².